The standard InChI is InChI=1S/C19H20ClNO6/c1-10(23)14(9-22)21-18(26)15-16(24)12-8-11(20)2-3-13(12)19(17(15)25)4-6-27-7-5-19/h2-3,8,14,22,24H,4-7,9H2,1H3,(H,21,26)/t14-/m0/s1. The van der Waals surface area contributed by atoms with Crippen LogP contribution in [0.25, 0.3) is 5.76 Å². The first-order valence-electron chi connectivity index (χ1n) is 8.60. The molecule has 2 aliphatic rings. The van der Waals surface area contributed by atoms with Crippen LogP contribution in [0.3, 0.4) is 0 Å². The molecule has 8 heteroatoms. The molecule has 3 rings (SSSR count). The van der Waals surface area contributed by atoms with Gasteiger partial charge < -0.3 is 20.3 Å². The van der Waals surface area contributed by atoms with Gasteiger partial charge in [0.2, 0.25) is 0 Å². The Morgan fingerprint density at radius 2 is 2.00 bits per heavy atom. The van der Waals surface area contributed by atoms with Gasteiger partial charge in [0.15, 0.2) is 11.6 Å². The van der Waals surface area contributed by atoms with Gasteiger partial charge in [-0.2, -0.15) is 0 Å². The Morgan fingerprint density at radius 1 is 1.33 bits per heavy atom. The molecule has 3 N–H and O–H groups in total. The molecule has 144 valence electrons. The fourth-order valence-corrected chi connectivity index (χ4v) is 3.84. The summed E-state index contributed by atoms with van der Waals surface area (Å²) < 4.78 is 5.38. The molecule has 0 unspecified atom stereocenters. The number of amides is 1. The second kappa shape index (κ2) is 7.42. The van der Waals surface area contributed by atoms with Gasteiger partial charge in [0, 0.05) is 23.8 Å². The van der Waals surface area contributed by atoms with Gasteiger partial charge in [0.25, 0.3) is 5.91 Å². The minimum Gasteiger partial charge on any atom is -0.506 e. The molecule has 1 aliphatic heterocycles. The van der Waals surface area contributed by atoms with Gasteiger partial charge in [-0.15, -0.1) is 0 Å². The van der Waals surface area contributed by atoms with Crippen LogP contribution in [0.1, 0.15) is 30.9 Å². The Bertz CT molecular complexity index is 841. The number of fused-ring (bicyclic) bond motifs is 2. The Hall–Kier alpha value is -2.22. The highest BCUT2D eigenvalue weighted by molar-refractivity contribution is 6.32. The highest BCUT2D eigenvalue weighted by Gasteiger charge is 2.50. The highest BCUT2D eigenvalue weighted by atomic mass is 35.5. The van der Waals surface area contributed by atoms with Gasteiger partial charge in [-0.3, -0.25) is 14.4 Å². The van der Waals surface area contributed by atoms with E-state index in [0.717, 1.165) is 0 Å². The number of benzene rings is 1. The third-order valence-electron chi connectivity index (χ3n) is 5.20. The topological polar surface area (TPSA) is 113 Å². The molecule has 1 saturated heterocycles. The number of aliphatic hydroxyl groups is 2. The third-order valence-corrected chi connectivity index (χ3v) is 5.44. The number of ketones is 2. The normalized spacial score (nSPS) is 19.6. The van der Waals surface area contributed by atoms with E-state index in [1.807, 2.05) is 0 Å². The Labute approximate surface area is 161 Å². The predicted molar refractivity (Wildman–Crippen MR) is 97.4 cm³/mol. The van der Waals surface area contributed by atoms with E-state index in [0.29, 0.717) is 42.2 Å². The number of rotatable bonds is 4. The fraction of sp³-hybridized carbons (Fsp3) is 0.421. The molecule has 1 aromatic carbocycles. The zero-order valence-corrected chi connectivity index (χ0v) is 15.5. The average Bonchev–Trinajstić information content (AvgIpc) is 2.65. The van der Waals surface area contributed by atoms with E-state index in [-0.39, 0.29) is 0 Å². The smallest absolute Gasteiger partial charge is 0.259 e. The molecule has 1 amide bonds. The van der Waals surface area contributed by atoms with Crippen LogP contribution in [-0.2, 0) is 24.5 Å². The van der Waals surface area contributed by atoms with Gasteiger partial charge in [0.05, 0.1) is 12.0 Å². The second-order valence-corrected chi connectivity index (χ2v) is 7.19. The summed E-state index contributed by atoms with van der Waals surface area (Å²) in [5, 5.41) is 22.6. The SMILES string of the molecule is CC(=O)[C@H](CO)NC(=O)C1=C(O)c2cc(Cl)ccc2C2(CCOCC2)C1=O. The zero-order valence-electron chi connectivity index (χ0n) is 14.8. The lowest BCUT2D eigenvalue weighted by Gasteiger charge is -2.40. The number of hydrogen-bond acceptors (Lipinski definition) is 6. The van der Waals surface area contributed by atoms with Crippen molar-refractivity contribution in [3.8, 4) is 0 Å². The predicted octanol–water partition coefficient (Wildman–Crippen LogP) is 1.31. The molecule has 27 heavy (non-hydrogen) atoms. The molecule has 0 saturated carbocycles. The van der Waals surface area contributed by atoms with E-state index < -0.39 is 46.9 Å². The minimum atomic E-state index is -1.16. The first kappa shape index (κ1) is 19.5. The maximum atomic E-state index is 13.3. The van der Waals surface area contributed by atoms with Crippen molar-refractivity contribution < 1.29 is 29.3 Å². The monoisotopic (exact) mass is 393 g/mol. The van der Waals surface area contributed by atoms with E-state index in [4.69, 9.17) is 16.3 Å². The summed E-state index contributed by atoms with van der Waals surface area (Å²) in [5.41, 5.74) is -0.495. The van der Waals surface area contributed by atoms with Crippen molar-refractivity contribution in [2.75, 3.05) is 19.8 Å². The van der Waals surface area contributed by atoms with Gasteiger partial charge in [-0.05, 0) is 37.5 Å². The summed E-state index contributed by atoms with van der Waals surface area (Å²) in [4.78, 5) is 37.6. The van der Waals surface area contributed by atoms with Crippen LogP contribution in [0, 0.1) is 0 Å². The molecule has 0 aromatic heterocycles. The number of aliphatic hydroxyl groups excluding tert-OH is 2. The van der Waals surface area contributed by atoms with Crippen molar-refractivity contribution in [3.05, 3.63) is 39.9 Å². The molecule has 7 nitrogen and oxygen atoms in total. The number of hydrogen-bond donors (Lipinski definition) is 3. The maximum absolute atomic E-state index is 13.3. The molecule has 0 bridgehead atoms. The van der Waals surface area contributed by atoms with E-state index in [1.165, 1.54) is 13.0 Å². The Balaban J connectivity index is 2.12. The molecule has 1 aliphatic carbocycles. The number of nitrogens with one attached hydrogen (secondary N) is 1. The van der Waals surface area contributed by atoms with Crippen LogP contribution in [-0.4, -0.2) is 53.5 Å². The van der Waals surface area contributed by atoms with E-state index in [2.05, 4.69) is 5.32 Å². The number of halogens is 1. The summed E-state index contributed by atoms with van der Waals surface area (Å²) in [6.45, 7) is 1.30. The maximum Gasteiger partial charge on any atom is 0.259 e. The molecule has 1 aromatic rings. The molecule has 1 atom stereocenters. The first-order chi connectivity index (χ1) is 12.8. The van der Waals surface area contributed by atoms with Crippen molar-refractivity contribution in [1.82, 2.24) is 5.32 Å². The summed E-state index contributed by atoms with van der Waals surface area (Å²) >= 11 is 6.06. The van der Waals surface area contributed by atoms with Crippen LogP contribution in [0.2, 0.25) is 5.02 Å². The summed E-state index contributed by atoms with van der Waals surface area (Å²) in [6.07, 6.45) is 0.724. The summed E-state index contributed by atoms with van der Waals surface area (Å²) in [5.74, 6) is -2.36. The Morgan fingerprint density at radius 3 is 2.59 bits per heavy atom. The van der Waals surface area contributed by atoms with Crippen molar-refractivity contribution in [2.24, 2.45) is 0 Å². The van der Waals surface area contributed by atoms with Crippen molar-refractivity contribution in [1.29, 1.82) is 0 Å². The molecular formula is C19H20ClNO6. The quantitative estimate of drug-likeness (QED) is 0.665. The van der Waals surface area contributed by atoms with Crippen molar-refractivity contribution >= 4 is 34.8 Å². The molecule has 1 fully saturated rings. The van der Waals surface area contributed by atoms with Crippen molar-refractivity contribution in [3.63, 3.8) is 0 Å². The highest BCUT2D eigenvalue weighted by Crippen LogP contribution is 2.46. The fourth-order valence-electron chi connectivity index (χ4n) is 3.67. The lowest BCUT2D eigenvalue weighted by Crippen LogP contribution is -2.50. The molecule has 0 radical (unpaired) electrons. The number of ether oxygens (including phenoxy) is 1. The number of Topliss-reactive ketones (excluding diaryl/α,β-unsaturated/α-hetero) is 2. The van der Waals surface area contributed by atoms with Crippen LogP contribution < -0.4 is 5.32 Å². The molecule has 1 heterocycles. The Kier molecular flexibility index (Phi) is 5.37. The largest absolute Gasteiger partial charge is 0.506 e. The van der Waals surface area contributed by atoms with Crippen LogP contribution >= 0.6 is 11.6 Å². The van der Waals surface area contributed by atoms with Crippen LogP contribution in [0.5, 0.6) is 0 Å². The van der Waals surface area contributed by atoms with Gasteiger partial charge >= 0.3 is 0 Å². The van der Waals surface area contributed by atoms with Gasteiger partial charge in [0.1, 0.15) is 17.4 Å². The molecular weight excluding hydrogens is 374 g/mol. The number of carbonyl (C=O) groups excluding carboxylic acids is 3. The zero-order chi connectivity index (χ0) is 19.8. The van der Waals surface area contributed by atoms with Crippen LogP contribution in [0.4, 0.5) is 0 Å². The van der Waals surface area contributed by atoms with E-state index >= 15 is 0 Å². The number of carbonyl (C=O) groups is 3. The summed E-state index contributed by atoms with van der Waals surface area (Å²) in [7, 11) is 0. The van der Waals surface area contributed by atoms with Gasteiger partial charge in [-0.25, -0.2) is 0 Å². The minimum absolute atomic E-state index is 0.317. The third kappa shape index (κ3) is 3.26. The summed E-state index contributed by atoms with van der Waals surface area (Å²) in [6, 6.07) is 3.69. The van der Waals surface area contributed by atoms with Crippen molar-refractivity contribution in [2.45, 2.75) is 31.2 Å². The first-order valence-corrected chi connectivity index (χ1v) is 8.98. The van der Waals surface area contributed by atoms with E-state index in [9.17, 15) is 24.6 Å². The van der Waals surface area contributed by atoms with E-state index in [1.54, 1.807) is 12.1 Å². The lowest BCUT2D eigenvalue weighted by atomic mass is 9.64. The van der Waals surface area contributed by atoms with Crippen LogP contribution in [0.15, 0.2) is 23.8 Å². The lowest BCUT2D eigenvalue weighted by molar-refractivity contribution is -0.130. The second-order valence-electron chi connectivity index (χ2n) is 6.76. The van der Waals surface area contributed by atoms with Gasteiger partial charge in [-0.1, -0.05) is 17.7 Å². The average molecular weight is 394 g/mol. The molecule has 1 spiro atoms.